The van der Waals surface area contributed by atoms with Crippen molar-refractivity contribution >= 4 is 73.9 Å². The first-order valence-electron chi connectivity index (χ1n) is 41.1. The maximum atomic E-state index is 10.6. The third kappa shape index (κ3) is 15.9. The second-order valence-corrected chi connectivity index (χ2v) is 30.1. The molecule has 0 saturated carbocycles. The van der Waals surface area contributed by atoms with E-state index < -0.39 is 0 Å². The van der Waals surface area contributed by atoms with Gasteiger partial charge in [-0.1, -0.05) is 315 Å². The molecule has 1 N–H and O–H groups in total. The monoisotopic (exact) mass is 1580 g/mol. The van der Waals surface area contributed by atoms with E-state index in [1.807, 2.05) is 200 Å². The topological polar surface area (TPSA) is 154 Å². The van der Waals surface area contributed by atoms with Crippen LogP contribution in [0.2, 0.25) is 5.82 Å². The Morgan fingerprint density at radius 3 is 1.31 bits per heavy atom. The van der Waals surface area contributed by atoms with Crippen LogP contribution in [0.4, 0.5) is 22.7 Å². The van der Waals surface area contributed by atoms with E-state index in [1.54, 1.807) is 0 Å². The minimum atomic E-state index is -0.384. The van der Waals surface area contributed by atoms with E-state index in [9.17, 15) is 5.41 Å². The Balaban J connectivity index is 0.907. The molecule has 0 aliphatic carbocycles. The molecule has 1 aliphatic heterocycles. The van der Waals surface area contributed by atoms with Crippen LogP contribution in [0, 0.1) is 5.41 Å². The lowest BCUT2D eigenvalue weighted by Gasteiger charge is -2.36. The van der Waals surface area contributed by atoms with Crippen molar-refractivity contribution in [3.05, 3.63) is 442 Å². The maximum absolute atomic E-state index is 10.6. The van der Waals surface area contributed by atoms with E-state index in [0.29, 0.717) is 69.7 Å². The number of nitrogens with zero attached hydrogens (tertiary/aromatic N) is 13. The molecule has 0 saturated heterocycles. The molecule has 5 heterocycles. The summed E-state index contributed by atoms with van der Waals surface area (Å²) < 4.78 is 2.33. The quantitative estimate of drug-likeness (QED) is 0.0336. The SMILES string of the molecule is C=C/C=C\CC1B(c2ccccc2N(C)c2ccccc2)c2ccccc2N(c2ccccc2)/C=C/C=C1N(C)C(=NC(=N)c1ccccc1)c1cc(-c2nc(-c3ccccc3)cc(-c3ccccc3)n2)ccc1-n1c2ccc(-c3nc(-c4ccccc4)nc(-c4ccccc4)n3)cc2c2cc(-c3nc(-c4ccccc4)nc(-c4ccccc4)n3)ccc21. The third-order valence-electron chi connectivity index (χ3n) is 22.5. The summed E-state index contributed by atoms with van der Waals surface area (Å²) in [6.45, 7) is 3.87. The molecule has 4 aromatic heterocycles. The van der Waals surface area contributed by atoms with Crippen LogP contribution in [-0.4, -0.2) is 81.8 Å². The van der Waals surface area contributed by atoms with Crippen LogP contribution < -0.4 is 20.7 Å². The highest BCUT2D eigenvalue weighted by molar-refractivity contribution is 6.89. The predicted octanol–water partition coefficient (Wildman–Crippen LogP) is 23.8. The standard InChI is InChI=1S/C108H81BN14/c1-4-5-15-57-90-98(62-38-69-122(85-55-32-14-33-56-85)99-61-37-35-59-91(99)109(90)89-58-34-36-60-97(89)120(2)84-53-30-13-31-54-84)121(3)108(113-100(110)76-43-20-8-21-44-76)88-72-83(105-111-92(74-39-16-6-17-40-74)73-93(112-105)75-41-18-7-19-42-75)65-68-96(88)123-94-66-63-81(106-116-101(77-45-22-9-23-46-77)114-102(117-106)78-47-24-10-25-48-78)70-86(94)87-71-82(64-67-95(87)123)107-118-103(79-49-26-11-27-50-79)115-104(119-107)80-51-28-12-29-52-80/h4-56,58-73,90,110H,1,57H2,2-3H3/b15-5-,69-38+,98-62?,110-100?,113-108?. The third-order valence-corrected chi connectivity index (χ3v) is 22.5. The number of benzene rings is 14. The maximum Gasteiger partial charge on any atom is 0.224 e. The van der Waals surface area contributed by atoms with E-state index in [1.165, 1.54) is 0 Å². The molecule has 19 rings (SSSR count). The fraction of sp³-hybridized carbons (Fsp3) is 0.0370. The van der Waals surface area contributed by atoms with E-state index in [4.69, 9.17) is 44.9 Å². The number of amidine groups is 2. The molecular formula is C108H81BN14. The van der Waals surface area contributed by atoms with Crippen LogP contribution in [0.5, 0.6) is 0 Å². The average Bonchev–Trinajstić information content (AvgIpc) is 1.56. The van der Waals surface area contributed by atoms with Crippen molar-refractivity contribution in [3.8, 4) is 108 Å². The van der Waals surface area contributed by atoms with Gasteiger partial charge in [0.15, 0.2) is 46.6 Å². The van der Waals surface area contributed by atoms with Gasteiger partial charge in [-0.3, -0.25) is 5.41 Å². The first kappa shape index (κ1) is 76.7. The van der Waals surface area contributed by atoms with Crippen molar-refractivity contribution < 1.29 is 0 Å². The van der Waals surface area contributed by atoms with Crippen LogP contribution in [0.3, 0.4) is 0 Å². The fourth-order valence-corrected chi connectivity index (χ4v) is 16.6. The van der Waals surface area contributed by atoms with Crippen LogP contribution in [0.15, 0.2) is 436 Å². The van der Waals surface area contributed by atoms with Gasteiger partial charge in [0, 0.05) is 121 Å². The van der Waals surface area contributed by atoms with Gasteiger partial charge in [-0.2, -0.15) is 0 Å². The van der Waals surface area contributed by atoms with Gasteiger partial charge < -0.3 is 19.3 Å². The lowest BCUT2D eigenvalue weighted by atomic mass is 9.31. The van der Waals surface area contributed by atoms with Crippen LogP contribution >= 0.6 is 0 Å². The molecule has 0 amide bonds. The van der Waals surface area contributed by atoms with Gasteiger partial charge in [0.25, 0.3) is 0 Å². The molecule has 586 valence electrons. The lowest BCUT2D eigenvalue weighted by Crippen LogP contribution is -2.51. The molecule has 1 atom stereocenters. The molecule has 15 heteroatoms. The fourth-order valence-electron chi connectivity index (χ4n) is 16.6. The number of fused-ring (bicyclic) bond motifs is 4. The lowest BCUT2D eigenvalue weighted by molar-refractivity contribution is 0.587. The molecule has 18 aromatic rings. The highest BCUT2D eigenvalue weighted by Crippen LogP contribution is 2.43. The molecular weight excluding hydrogens is 1500 g/mol. The molecule has 0 bridgehead atoms. The minimum absolute atomic E-state index is 0.0393. The van der Waals surface area contributed by atoms with Gasteiger partial charge in [-0.05, 0) is 127 Å². The number of rotatable bonds is 20. The number of allylic oxidation sites excluding steroid dienone is 6. The van der Waals surface area contributed by atoms with E-state index in [0.717, 1.165) is 123 Å². The largest absolute Gasteiger partial charge is 0.345 e. The average molecular weight is 1590 g/mol. The number of nitrogens with one attached hydrogen (secondary N) is 1. The summed E-state index contributed by atoms with van der Waals surface area (Å²) >= 11 is 0. The Labute approximate surface area is 715 Å². The number of hydrogen-bond donors (Lipinski definition) is 1. The van der Waals surface area contributed by atoms with Crippen LogP contribution in [0.1, 0.15) is 17.5 Å². The molecule has 0 fully saturated rings. The zero-order chi connectivity index (χ0) is 83.0. The number of aromatic nitrogens is 9. The molecule has 123 heavy (non-hydrogen) atoms. The first-order valence-corrected chi connectivity index (χ1v) is 41.1. The van der Waals surface area contributed by atoms with Gasteiger partial charge in [-0.15, -0.1) is 0 Å². The molecule has 1 unspecified atom stereocenters. The molecule has 14 nitrogen and oxygen atoms in total. The number of aliphatic imine (C=N–C) groups is 1. The highest BCUT2D eigenvalue weighted by Gasteiger charge is 2.39. The van der Waals surface area contributed by atoms with Crippen molar-refractivity contribution in [2.45, 2.75) is 12.2 Å². The first-order chi connectivity index (χ1) is 60.7. The van der Waals surface area contributed by atoms with Gasteiger partial charge in [0.05, 0.1) is 28.1 Å². The smallest absolute Gasteiger partial charge is 0.224 e. The highest BCUT2D eigenvalue weighted by atomic mass is 15.2. The molecule has 0 spiro atoms. The Morgan fingerprint density at radius 2 is 0.813 bits per heavy atom. The molecule has 0 radical (unpaired) electrons. The Kier molecular flexibility index (Phi) is 21.7. The molecule has 14 aromatic carbocycles. The molecule has 1 aliphatic rings. The van der Waals surface area contributed by atoms with Crippen LogP contribution in [0.25, 0.3) is 130 Å². The number of anilines is 4. The summed E-state index contributed by atoms with van der Waals surface area (Å²) in [7, 11) is 4.27. The van der Waals surface area contributed by atoms with Gasteiger partial charge in [0.2, 0.25) is 6.71 Å². The van der Waals surface area contributed by atoms with Gasteiger partial charge >= 0.3 is 0 Å². The van der Waals surface area contributed by atoms with Crippen molar-refractivity contribution in [1.29, 1.82) is 5.41 Å². The normalized spacial score (nSPS) is 13.1. The summed E-state index contributed by atoms with van der Waals surface area (Å²) in [5, 5.41) is 12.3. The van der Waals surface area contributed by atoms with Crippen molar-refractivity contribution in [2.75, 3.05) is 23.9 Å². The summed E-state index contributed by atoms with van der Waals surface area (Å²) in [4.78, 5) is 55.4. The van der Waals surface area contributed by atoms with E-state index in [-0.39, 0.29) is 18.4 Å². The zero-order valence-electron chi connectivity index (χ0n) is 67.7. The number of hydrogen-bond acceptors (Lipinski definition) is 11. The zero-order valence-corrected chi connectivity index (χ0v) is 67.7. The summed E-state index contributed by atoms with van der Waals surface area (Å²) in [6.07, 6.45) is 13.2. The summed E-state index contributed by atoms with van der Waals surface area (Å²) in [5.74, 6) is 3.73. The van der Waals surface area contributed by atoms with E-state index >= 15 is 0 Å². The van der Waals surface area contributed by atoms with Gasteiger partial charge in [0.1, 0.15) is 5.84 Å². The van der Waals surface area contributed by atoms with Crippen LogP contribution in [-0.2, 0) is 0 Å². The minimum Gasteiger partial charge on any atom is -0.345 e. The summed E-state index contributed by atoms with van der Waals surface area (Å²) in [5.41, 5.74) is 19.9. The second kappa shape index (κ2) is 34.7. The van der Waals surface area contributed by atoms with Gasteiger partial charge in [-0.25, -0.2) is 44.9 Å². The Hall–Kier alpha value is -16.3. The van der Waals surface area contributed by atoms with Crippen molar-refractivity contribution in [1.82, 2.24) is 49.3 Å². The number of para-hydroxylation sites is 4. The van der Waals surface area contributed by atoms with E-state index in [2.05, 4.69) is 258 Å². The van der Waals surface area contributed by atoms with Crippen molar-refractivity contribution in [3.63, 3.8) is 0 Å². The predicted molar refractivity (Wildman–Crippen MR) is 506 cm³/mol. The Bertz CT molecular complexity index is 6680. The second-order valence-electron chi connectivity index (χ2n) is 30.1. The van der Waals surface area contributed by atoms with Crippen molar-refractivity contribution in [2.24, 2.45) is 4.99 Å². The Morgan fingerprint density at radius 1 is 0.407 bits per heavy atom. The summed E-state index contributed by atoms with van der Waals surface area (Å²) in [6, 6.07) is 131.